The number of fused-ring (bicyclic) bond motifs is 1. The first-order valence-corrected chi connectivity index (χ1v) is 7.18. The highest BCUT2D eigenvalue weighted by Gasteiger charge is 2.24. The second kappa shape index (κ2) is 5.87. The van der Waals surface area contributed by atoms with E-state index in [4.69, 9.17) is 16.3 Å². The summed E-state index contributed by atoms with van der Waals surface area (Å²) >= 11 is 6.08. The lowest BCUT2D eigenvalue weighted by molar-refractivity contribution is 0.0922. The third kappa shape index (κ3) is 2.80. The van der Waals surface area contributed by atoms with Crippen LogP contribution >= 0.6 is 11.6 Å². The van der Waals surface area contributed by atoms with E-state index >= 15 is 0 Å². The van der Waals surface area contributed by atoms with Crippen LogP contribution in [-0.2, 0) is 31.4 Å². The van der Waals surface area contributed by atoms with Crippen LogP contribution in [0.3, 0.4) is 0 Å². The Hall–Kier alpha value is -1.85. The van der Waals surface area contributed by atoms with E-state index in [-0.39, 0.29) is 5.91 Å². The summed E-state index contributed by atoms with van der Waals surface area (Å²) in [6, 6.07) is 7.45. The van der Waals surface area contributed by atoms with Crippen LogP contribution in [0.1, 0.15) is 27.3 Å². The van der Waals surface area contributed by atoms with Gasteiger partial charge in [-0.2, -0.15) is 5.10 Å². The van der Waals surface area contributed by atoms with Gasteiger partial charge in [0.2, 0.25) is 0 Å². The van der Waals surface area contributed by atoms with E-state index in [9.17, 15) is 4.79 Å². The van der Waals surface area contributed by atoms with Gasteiger partial charge in [0.15, 0.2) is 5.69 Å². The van der Waals surface area contributed by atoms with Gasteiger partial charge in [0.25, 0.3) is 5.91 Å². The number of aryl methyl sites for hydroxylation is 1. The highest BCUT2D eigenvalue weighted by atomic mass is 35.5. The summed E-state index contributed by atoms with van der Waals surface area (Å²) in [6.45, 7) is 1.50. The van der Waals surface area contributed by atoms with Gasteiger partial charge in [0, 0.05) is 36.3 Å². The van der Waals surface area contributed by atoms with Gasteiger partial charge >= 0.3 is 0 Å². The number of rotatable bonds is 3. The van der Waals surface area contributed by atoms with Gasteiger partial charge in [-0.1, -0.05) is 29.8 Å². The van der Waals surface area contributed by atoms with E-state index in [1.807, 2.05) is 25.2 Å². The molecule has 1 aliphatic rings. The Bertz CT molecular complexity index is 682. The molecule has 1 aliphatic heterocycles. The van der Waals surface area contributed by atoms with Crippen molar-refractivity contribution in [3.05, 3.63) is 51.8 Å². The minimum absolute atomic E-state index is 0.197. The first kappa shape index (κ1) is 14.1. The van der Waals surface area contributed by atoms with Crippen molar-refractivity contribution >= 4 is 17.5 Å². The summed E-state index contributed by atoms with van der Waals surface area (Å²) in [6.07, 6.45) is 0.788. The molecule has 110 valence electrons. The van der Waals surface area contributed by atoms with E-state index in [0.29, 0.717) is 30.5 Å². The van der Waals surface area contributed by atoms with Gasteiger partial charge in [-0.25, -0.2) is 0 Å². The maximum Gasteiger partial charge on any atom is 0.272 e. The van der Waals surface area contributed by atoms with Crippen LogP contribution in [0.15, 0.2) is 24.3 Å². The summed E-state index contributed by atoms with van der Waals surface area (Å²) in [5.74, 6) is -0.197. The topological polar surface area (TPSA) is 56.2 Å². The van der Waals surface area contributed by atoms with Crippen LogP contribution in [0.5, 0.6) is 0 Å². The standard InChI is InChI=1S/C15H16ClN3O2/c1-19-13-6-7-21-9-11(13)14(18-19)15(20)17-8-10-4-2-3-5-12(10)16/h2-5H,6-9H2,1H3,(H,17,20). The van der Waals surface area contributed by atoms with Gasteiger partial charge < -0.3 is 10.1 Å². The van der Waals surface area contributed by atoms with Crippen molar-refractivity contribution in [2.45, 2.75) is 19.6 Å². The average molecular weight is 306 g/mol. The highest BCUT2D eigenvalue weighted by molar-refractivity contribution is 6.31. The molecule has 5 nitrogen and oxygen atoms in total. The van der Waals surface area contributed by atoms with Crippen LogP contribution in [0.25, 0.3) is 0 Å². The molecule has 0 bridgehead atoms. The Morgan fingerprint density at radius 1 is 1.48 bits per heavy atom. The molecule has 0 saturated heterocycles. The molecule has 0 saturated carbocycles. The normalized spacial score (nSPS) is 13.8. The SMILES string of the molecule is Cn1nc(C(=O)NCc2ccccc2Cl)c2c1CCOC2. The summed E-state index contributed by atoms with van der Waals surface area (Å²) in [7, 11) is 1.86. The fraction of sp³-hybridized carbons (Fsp3) is 0.333. The number of nitrogens with zero attached hydrogens (tertiary/aromatic N) is 2. The largest absolute Gasteiger partial charge is 0.376 e. The lowest BCUT2D eigenvalue weighted by atomic mass is 10.1. The Morgan fingerprint density at radius 2 is 2.29 bits per heavy atom. The minimum atomic E-state index is -0.197. The number of aromatic nitrogens is 2. The van der Waals surface area contributed by atoms with Gasteiger partial charge in [-0.3, -0.25) is 9.48 Å². The van der Waals surface area contributed by atoms with Crippen LogP contribution in [0, 0.1) is 0 Å². The predicted molar refractivity (Wildman–Crippen MR) is 79.2 cm³/mol. The number of ether oxygens (including phenoxy) is 1. The third-order valence-electron chi connectivity index (χ3n) is 3.62. The molecule has 0 fully saturated rings. The third-order valence-corrected chi connectivity index (χ3v) is 3.99. The lowest BCUT2D eigenvalue weighted by Crippen LogP contribution is -2.25. The van der Waals surface area contributed by atoms with Crippen molar-refractivity contribution in [1.82, 2.24) is 15.1 Å². The van der Waals surface area contributed by atoms with Crippen LogP contribution < -0.4 is 5.32 Å². The molecule has 0 radical (unpaired) electrons. The number of carbonyl (C=O) groups is 1. The lowest BCUT2D eigenvalue weighted by Gasteiger charge is -2.13. The molecular formula is C15H16ClN3O2. The zero-order valence-corrected chi connectivity index (χ0v) is 12.5. The van der Waals surface area contributed by atoms with Gasteiger partial charge in [-0.15, -0.1) is 0 Å². The van der Waals surface area contributed by atoms with Crippen molar-refractivity contribution in [1.29, 1.82) is 0 Å². The molecule has 1 amide bonds. The first-order valence-electron chi connectivity index (χ1n) is 6.81. The number of nitrogens with one attached hydrogen (secondary N) is 1. The number of benzene rings is 1. The molecular weight excluding hydrogens is 290 g/mol. The van der Waals surface area contributed by atoms with E-state index in [0.717, 1.165) is 23.2 Å². The number of carbonyl (C=O) groups excluding carboxylic acids is 1. The number of halogens is 1. The second-order valence-corrected chi connectivity index (χ2v) is 5.38. The summed E-state index contributed by atoms with van der Waals surface area (Å²) < 4.78 is 7.19. The number of hydrogen-bond acceptors (Lipinski definition) is 3. The minimum Gasteiger partial charge on any atom is -0.376 e. The van der Waals surface area contributed by atoms with Crippen molar-refractivity contribution in [3.8, 4) is 0 Å². The van der Waals surface area contributed by atoms with Crippen molar-refractivity contribution in [2.75, 3.05) is 6.61 Å². The molecule has 21 heavy (non-hydrogen) atoms. The molecule has 2 aromatic rings. The Balaban J connectivity index is 1.76. The molecule has 0 atom stereocenters. The molecule has 1 aromatic heterocycles. The first-order chi connectivity index (χ1) is 10.2. The monoisotopic (exact) mass is 305 g/mol. The molecule has 0 spiro atoms. The Kier molecular flexibility index (Phi) is 3.94. The van der Waals surface area contributed by atoms with E-state index < -0.39 is 0 Å². The Labute approximate surface area is 127 Å². The van der Waals surface area contributed by atoms with Crippen molar-refractivity contribution in [2.24, 2.45) is 7.05 Å². The molecule has 3 rings (SSSR count). The van der Waals surface area contributed by atoms with Gasteiger partial charge in [0.1, 0.15) is 0 Å². The van der Waals surface area contributed by atoms with Gasteiger partial charge in [-0.05, 0) is 11.6 Å². The van der Waals surface area contributed by atoms with Crippen LogP contribution in [0.4, 0.5) is 0 Å². The summed E-state index contributed by atoms with van der Waals surface area (Å²) in [5, 5.41) is 7.83. The van der Waals surface area contributed by atoms with E-state index in [1.54, 1.807) is 10.7 Å². The molecule has 1 N–H and O–H groups in total. The zero-order valence-electron chi connectivity index (χ0n) is 11.7. The van der Waals surface area contributed by atoms with Crippen LogP contribution in [-0.4, -0.2) is 22.3 Å². The molecule has 0 aliphatic carbocycles. The highest BCUT2D eigenvalue weighted by Crippen LogP contribution is 2.20. The summed E-state index contributed by atoms with van der Waals surface area (Å²) in [4.78, 5) is 12.3. The van der Waals surface area contributed by atoms with E-state index in [2.05, 4.69) is 10.4 Å². The quantitative estimate of drug-likeness (QED) is 0.944. The smallest absolute Gasteiger partial charge is 0.272 e. The molecule has 6 heteroatoms. The molecule has 1 aromatic carbocycles. The predicted octanol–water partition coefficient (Wildman–Crippen LogP) is 2.08. The number of hydrogen-bond donors (Lipinski definition) is 1. The van der Waals surface area contributed by atoms with E-state index in [1.165, 1.54) is 0 Å². The van der Waals surface area contributed by atoms with Crippen molar-refractivity contribution < 1.29 is 9.53 Å². The number of amides is 1. The summed E-state index contributed by atoms with van der Waals surface area (Å²) in [5.41, 5.74) is 3.29. The van der Waals surface area contributed by atoms with Gasteiger partial charge in [0.05, 0.1) is 13.2 Å². The maximum atomic E-state index is 12.3. The van der Waals surface area contributed by atoms with Crippen LogP contribution in [0.2, 0.25) is 5.02 Å². The van der Waals surface area contributed by atoms with Crippen molar-refractivity contribution in [3.63, 3.8) is 0 Å². The average Bonchev–Trinajstić information content (AvgIpc) is 2.84. The fourth-order valence-electron chi connectivity index (χ4n) is 2.49. The molecule has 2 heterocycles. The molecule has 0 unspecified atom stereocenters. The Morgan fingerprint density at radius 3 is 3.10 bits per heavy atom. The fourth-order valence-corrected chi connectivity index (χ4v) is 2.70. The second-order valence-electron chi connectivity index (χ2n) is 4.97. The maximum absolute atomic E-state index is 12.3. The zero-order chi connectivity index (χ0) is 14.8.